The number of hydrogen-bond acceptors (Lipinski definition) is 2. The fourth-order valence-electron chi connectivity index (χ4n) is 2.80. The summed E-state index contributed by atoms with van der Waals surface area (Å²) in [4.78, 5) is 13.4. The fraction of sp³-hybridized carbons (Fsp3) is 0.278. The Labute approximate surface area is 152 Å². The lowest BCUT2D eigenvalue weighted by Gasteiger charge is -2.26. The number of amides is 1. The van der Waals surface area contributed by atoms with Gasteiger partial charge in [-0.25, -0.2) is 0 Å². The van der Waals surface area contributed by atoms with Crippen molar-refractivity contribution in [2.45, 2.75) is 30.0 Å². The average molecular weight is 386 g/mol. The third-order valence-corrected chi connectivity index (χ3v) is 5.32. The van der Waals surface area contributed by atoms with E-state index in [-0.39, 0.29) is 18.4 Å². The summed E-state index contributed by atoms with van der Waals surface area (Å²) < 4.78 is 38.3. The summed E-state index contributed by atoms with van der Waals surface area (Å²) in [6.45, 7) is 0. The monoisotopic (exact) mass is 385 g/mol. The van der Waals surface area contributed by atoms with Crippen LogP contribution in [0.3, 0.4) is 0 Å². The van der Waals surface area contributed by atoms with Gasteiger partial charge in [0.1, 0.15) is 0 Å². The lowest BCUT2D eigenvalue weighted by molar-refractivity contribution is -0.137. The van der Waals surface area contributed by atoms with Gasteiger partial charge in [0, 0.05) is 15.7 Å². The molecule has 1 unspecified atom stereocenters. The van der Waals surface area contributed by atoms with E-state index >= 15 is 0 Å². The number of halogens is 4. The summed E-state index contributed by atoms with van der Waals surface area (Å²) in [6.07, 6.45) is -3.75. The summed E-state index contributed by atoms with van der Waals surface area (Å²) in [7, 11) is 0. The molecule has 1 heterocycles. The first-order chi connectivity index (χ1) is 11.8. The van der Waals surface area contributed by atoms with Crippen LogP contribution in [0.4, 0.5) is 13.2 Å². The van der Waals surface area contributed by atoms with Gasteiger partial charge in [-0.05, 0) is 41.8 Å². The van der Waals surface area contributed by atoms with E-state index in [4.69, 9.17) is 11.6 Å². The van der Waals surface area contributed by atoms with Crippen LogP contribution < -0.4 is 5.32 Å². The van der Waals surface area contributed by atoms with E-state index in [1.54, 1.807) is 17.8 Å². The van der Waals surface area contributed by atoms with Crippen LogP contribution in [-0.4, -0.2) is 11.7 Å². The Morgan fingerprint density at radius 3 is 2.80 bits per heavy atom. The second kappa shape index (κ2) is 7.30. The molecule has 7 heteroatoms. The van der Waals surface area contributed by atoms with E-state index in [1.165, 1.54) is 12.1 Å². The molecule has 1 aliphatic rings. The Bertz CT molecular complexity index is 794. The topological polar surface area (TPSA) is 29.1 Å². The van der Waals surface area contributed by atoms with E-state index in [2.05, 4.69) is 5.32 Å². The maximum atomic E-state index is 12.8. The maximum Gasteiger partial charge on any atom is 0.416 e. The molecule has 1 N–H and O–H groups in total. The molecule has 1 atom stereocenters. The Kier molecular flexibility index (Phi) is 5.29. The average Bonchev–Trinajstić information content (AvgIpc) is 2.55. The van der Waals surface area contributed by atoms with Gasteiger partial charge in [0.2, 0.25) is 5.91 Å². The number of benzene rings is 2. The Morgan fingerprint density at radius 1 is 1.24 bits per heavy atom. The van der Waals surface area contributed by atoms with Crippen LogP contribution in [0, 0.1) is 0 Å². The number of rotatable bonds is 3. The van der Waals surface area contributed by atoms with Gasteiger partial charge in [-0.15, -0.1) is 11.8 Å². The fourth-order valence-corrected chi connectivity index (χ4v) is 4.09. The number of nitrogens with one attached hydrogen (secondary N) is 1. The van der Waals surface area contributed by atoms with Gasteiger partial charge in [0.25, 0.3) is 0 Å². The standard InChI is InChI=1S/C18H15ClF3NOS/c19-13-4-5-16-14(10-13)15(6-7-25-16)23-17(24)9-11-2-1-3-12(8-11)18(20,21)22/h1-5,8,10,15H,6-7,9H2,(H,23,24). The van der Waals surface area contributed by atoms with Crippen molar-refractivity contribution in [3.8, 4) is 0 Å². The second-order valence-corrected chi connectivity index (χ2v) is 7.39. The summed E-state index contributed by atoms with van der Waals surface area (Å²) in [6, 6.07) is 10.2. The van der Waals surface area contributed by atoms with Crippen LogP contribution in [0.1, 0.15) is 29.2 Å². The molecule has 1 aliphatic heterocycles. The third kappa shape index (κ3) is 4.50. The van der Waals surface area contributed by atoms with E-state index < -0.39 is 11.7 Å². The van der Waals surface area contributed by atoms with Crippen LogP contribution in [0.2, 0.25) is 5.02 Å². The van der Waals surface area contributed by atoms with Crippen LogP contribution >= 0.6 is 23.4 Å². The molecule has 132 valence electrons. The molecule has 0 radical (unpaired) electrons. The number of alkyl halides is 3. The quantitative estimate of drug-likeness (QED) is 0.781. The normalized spacial score (nSPS) is 17.0. The second-order valence-electron chi connectivity index (χ2n) is 5.81. The summed E-state index contributed by atoms with van der Waals surface area (Å²) in [5.41, 5.74) is 0.550. The molecule has 0 aliphatic carbocycles. The minimum Gasteiger partial charge on any atom is -0.349 e. The Hall–Kier alpha value is -1.66. The van der Waals surface area contributed by atoms with Crippen LogP contribution in [0.5, 0.6) is 0 Å². The van der Waals surface area contributed by atoms with Crippen molar-refractivity contribution >= 4 is 29.3 Å². The molecule has 2 aromatic carbocycles. The third-order valence-electron chi connectivity index (χ3n) is 3.97. The smallest absolute Gasteiger partial charge is 0.349 e. The predicted molar refractivity (Wildman–Crippen MR) is 92.8 cm³/mol. The molecule has 0 spiro atoms. The Balaban J connectivity index is 1.71. The van der Waals surface area contributed by atoms with Crippen molar-refractivity contribution in [2.24, 2.45) is 0 Å². The number of hydrogen-bond donors (Lipinski definition) is 1. The summed E-state index contributed by atoms with van der Waals surface area (Å²) in [5, 5.41) is 3.51. The van der Waals surface area contributed by atoms with Gasteiger partial charge >= 0.3 is 6.18 Å². The molecule has 0 saturated heterocycles. The first-order valence-electron chi connectivity index (χ1n) is 7.70. The minimum absolute atomic E-state index is 0.0938. The van der Waals surface area contributed by atoms with Gasteiger partial charge in [0.15, 0.2) is 0 Å². The van der Waals surface area contributed by atoms with Crippen molar-refractivity contribution < 1.29 is 18.0 Å². The van der Waals surface area contributed by atoms with E-state index in [0.29, 0.717) is 10.6 Å². The lowest BCUT2D eigenvalue weighted by atomic mass is 10.0. The highest BCUT2D eigenvalue weighted by Gasteiger charge is 2.30. The molecule has 0 saturated carbocycles. The highest BCUT2D eigenvalue weighted by molar-refractivity contribution is 7.99. The zero-order valence-corrected chi connectivity index (χ0v) is 14.6. The first kappa shape index (κ1) is 18.1. The molecular weight excluding hydrogens is 371 g/mol. The van der Waals surface area contributed by atoms with Crippen molar-refractivity contribution in [1.82, 2.24) is 5.32 Å². The van der Waals surface area contributed by atoms with E-state index in [9.17, 15) is 18.0 Å². The highest BCUT2D eigenvalue weighted by Crippen LogP contribution is 2.37. The maximum absolute atomic E-state index is 12.8. The zero-order chi connectivity index (χ0) is 18.0. The van der Waals surface area contributed by atoms with E-state index in [1.807, 2.05) is 12.1 Å². The van der Waals surface area contributed by atoms with Gasteiger partial charge in [-0.2, -0.15) is 13.2 Å². The molecule has 3 rings (SSSR count). The number of carbonyl (C=O) groups is 1. The highest BCUT2D eigenvalue weighted by atomic mass is 35.5. The molecule has 0 bridgehead atoms. The van der Waals surface area contributed by atoms with Crippen molar-refractivity contribution in [3.63, 3.8) is 0 Å². The van der Waals surface area contributed by atoms with Gasteiger partial charge in [0.05, 0.1) is 18.0 Å². The molecule has 2 aromatic rings. The minimum atomic E-state index is -4.41. The lowest BCUT2D eigenvalue weighted by Crippen LogP contribution is -2.31. The molecule has 2 nitrogen and oxygen atoms in total. The Morgan fingerprint density at radius 2 is 2.04 bits per heavy atom. The molecule has 25 heavy (non-hydrogen) atoms. The number of fused-ring (bicyclic) bond motifs is 1. The van der Waals surface area contributed by atoms with Crippen molar-refractivity contribution in [3.05, 3.63) is 64.2 Å². The van der Waals surface area contributed by atoms with Crippen LogP contribution in [-0.2, 0) is 17.4 Å². The molecule has 0 fully saturated rings. The van der Waals surface area contributed by atoms with Gasteiger partial charge < -0.3 is 5.32 Å². The zero-order valence-electron chi connectivity index (χ0n) is 13.1. The van der Waals surface area contributed by atoms with Crippen LogP contribution in [0.25, 0.3) is 0 Å². The van der Waals surface area contributed by atoms with Crippen molar-refractivity contribution in [1.29, 1.82) is 0 Å². The van der Waals surface area contributed by atoms with Crippen molar-refractivity contribution in [2.75, 3.05) is 5.75 Å². The number of thioether (sulfide) groups is 1. The molecule has 1 amide bonds. The molecule has 0 aromatic heterocycles. The van der Waals surface area contributed by atoms with Gasteiger partial charge in [-0.1, -0.05) is 29.8 Å². The first-order valence-corrected chi connectivity index (χ1v) is 9.07. The summed E-state index contributed by atoms with van der Waals surface area (Å²) in [5.74, 6) is 0.561. The summed E-state index contributed by atoms with van der Waals surface area (Å²) >= 11 is 7.74. The SMILES string of the molecule is O=C(Cc1cccc(C(F)(F)F)c1)NC1CCSc2ccc(Cl)cc21. The molecular formula is C18H15ClF3NOS. The van der Waals surface area contributed by atoms with Gasteiger partial charge in [-0.3, -0.25) is 4.79 Å². The number of carbonyl (C=O) groups excluding carboxylic acids is 1. The largest absolute Gasteiger partial charge is 0.416 e. The van der Waals surface area contributed by atoms with E-state index in [0.717, 1.165) is 34.8 Å². The van der Waals surface area contributed by atoms with Crippen LogP contribution in [0.15, 0.2) is 47.4 Å². The predicted octanol–water partition coefficient (Wildman–Crippen LogP) is 5.25.